The van der Waals surface area contributed by atoms with E-state index in [1.807, 2.05) is 0 Å². The van der Waals surface area contributed by atoms with Gasteiger partial charge in [0.1, 0.15) is 12.7 Å². The number of ether oxygens (including phenoxy) is 2. The van der Waals surface area contributed by atoms with Crippen molar-refractivity contribution in [2.45, 2.75) is 88.0 Å². The van der Waals surface area contributed by atoms with Crippen LogP contribution in [0.3, 0.4) is 0 Å². The Morgan fingerprint density at radius 1 is 1.00 bits per heavy atom. The number of carbonyl (C=O) groups excluding carboxylic acids is 1. The molecule has 160 valence electrons. The zero-order valence-corrected chi connectivity index (χ0v) is 19.3. The van der Waals surface area contributed by atoms with Crippen molar-refractivity contribution in [3.05, 3.63) is 0 Å². The van der Waals surface area contributed by atoms with Crippen molar-refractivity contribution >= 4 is 41.0 Å². The Hall–Kier alpha value is 0.140. The van der Waals surface area contributed by atoms with E-state index in [1.165, 1.54) is 44.9 Å². The molecule has 0 N–H and O–H groups in total. The summed E-state index contributed by atoms with van der Waals surface area (Å²) in [5.74, 6) is 3.34. The fraction of sp³-hybridized carbons (Fsp3) is 0.955. The summed E-state index contributed by atoms with van der Waals surface area (Å²) in [5.41, 5.74) is 1.01. The molecule has 0 spiro atoms. The first kappa shape index (κ1) is 21.4. The maximum absolute atomic E-state index is 12.0. The third-order valence-corrected chi connectivity index (χ3v) is 9.34. The molecule has 0 radical (unpaired) electrons. The molecule has 0 aromatic heterocycles. The smallest absolute Gasteiger partial charge is 0.431 e. The Labute approximate surface area is 184 Å². The minimum atomic E-state index is -1.60. The molecule has 6 heteroatoms. The van der Waals surface area contributed by atoms with E-state index in [0.29, 0.717) is 16.7 Å². The molecule has 28 heavy (non-hydrogen) atoms. The molecule has 7 atom stereocenters. The van der Waals surface area contributed by atoms with Crippen LogP contribution in [0.4, 0.5) is 4.79 Å². The normalized spacial score (nSPS) is 45.5. The number of alkyl halides is 3. The molecule has 4 aliphatic carbocycles. The summed E-state index contributed by atoms with van der Waals surface area (Å²) in [7, 11) is 0. The predicted molar refractivity (Wildman–Crippen MR) is 113 cm³/mol. The summed E-state index contributed by atoms with van der Waals surface area (Å²) in [6.07, 6.45) is 12.0. The van der Waals surface area contributed by atoms with E-state index in [-0.39, 0.29) is 12.7 Å². The highest BCUT2D eigenvalue weighted by Gasteiger charge is 2.58. The summed E-state index contributed by atoms with van der Waals surface area (Å²) in [5, 5.41) is 0. The fourth-order valence-electron chi connectivity index (χ4n) is 7.63. The summed E-state index contributed by atoms with van der Waals surface area (Å²) >= 11 is 16.9. The third-order valence-electron chi connectivity index (χ3n) is 9.02. The highest BCUT2D eigenvalue weighted by Crippen LogP contribution is 2.66. The average molecular weight is 452 g/mol. The summed E-state index contributed by atoms with van der Waals surface area (Å²) in [6, 6.07) is 0. The minimum Gasteiger partial charge on any atom is -0.431 e. The van der Waals surface area contributed by atoms with Crippen molar-refractivity contribution in [1.29, 1.82) is 0 Å². The van der Waals surface area contributed by atoms with Crippen LogP contribution in [0.1, 0.15) is 78.1 Å². The van der Waals surface area contributed by atoms with E-state index in [2.05, 4.69) is 13.8 Å². The molecule has 0 saturated heterocycles. The Morgan fingerprint density at radius 3 is 2.54 bits per heavy atom. The molecule has 4 rings (SSSR count). The third kappa shape index (κ3) is 4.02. The van der Waals surface area contributed by atoms with Gasteiger partial charge in [0.05, 0.1) is 0 Å². The average Bonchev–Trinajstić information content (AvgIpc) is 3.01. The Bertz CT molecular complexity index is 606. The second-order valence-corrected chi connectivity index (χ2v) is 12.9. The van der Waals surface area contributed by atoms with Crippen LogP contribution in [0.25, 0.3) is 0 Å². The molecule has 0 heterocycles. The van der Waals surface area contributed by atoms with E-state index in [9.17, 15) is 4.79 Å². The van der Waals surface area contributed by atoms with Crippen LogP contribution in [-0.2, 0) is 9.47 Å². The molecular weight excluding hydrogens is 419 g/mol. The van der Waals surface area contributed by atoms with Crippen LogP contribution in [0, 0.1) is 34.5 Å². The second kappa shape index (κ2) is 7.68. The van der Waals surface area contributed by atoms with E-state index in [0.717, 1.165) is 37.0 Å². The fourth-order valence-corrected chi connectivity index (χ4v) is 7.79. The Balaban J connectivity index is 1.37. The number of fused-ring (bicyclic) bond motifs is 5. The van der Waals surface area contributed by atoms with E-state index in [4.69, 9.17) is 44.3 Å². The molecule has 4 aliphatic rings. The first-order chi connectivity index (χ1) is 13.1. The molecule has 3 nitrogen and oxygen atoms in total. The van der Waals surface area contributed by atoms with Crippen molar-refractivity contribution in [3.8, 4) is 0 Å². The Kier molecular flexibility index (Phi) is 5.86. The van der Waals surface area contributed by atoms with Crippen molar-refractivity contribution in [2.75, 3.05) is 6.61 Å². The monoisotopic (exact) mass is 450 g/mol. The Morgan fingerprint density at radius 2 is 1.79 bits per heavy atom. The molecule has 4 saturated carbocycles. The lowest BCUT2D eigenvalue weighted by atomic mass is 9.45. The molecule has 0 aromatic rings. The number of hydrogen-bond acceptors (Lipinski definition) is 3. The van der Waals surface area contributed by atoms with E-state index >= 15 is 0 Å². The molecule has 0 amide bonds. The van der Waals surface area contributed by atoms with Crippen LogP contribution in [0.2, 0.25) is 0 Å². The van der Waals surface area contributed by atoms with Gasteiger partial charge in [-0.2, -0.15) is 0 Å². The van der Waals surface area contributed by atoms with Gasteiger partial charge >= 0.3 is 6.16 Å². The topological polar surface area (TPSA) is 35.5 Å². The first-order valence-corrected chi connectivity index (χ1v) is 12.1. The van der Waals surface area contributed by atoms with E-state index in [1.54, 1.807) is 0 Å². The van der Waals surface area contributed by atoms with Gasteiger partial charge in [-0.05, 0) is 92.3 Å². The lowest BCUT2D eigenvalue weighted by Gasteiger charge is -2.60. The van der Waals surface area contributed by atoms with Gasteiger partial charge in [0.25, 0.3) is 0 Å². The number of carbonyl (C=O) groups is 1. The maximum Gasteiger partial charge on any atom is 0.508 e. The van der Waals surface area contributed by atoms with Gasteiger partial charge in [0.2, 0.25) is 3.79 Å². The number of hydrogen-bond donors (Lipinski definition) is 0. The van der Waals surface area contributed by atoms with Crippen LogP contribution in [0.5, 0.6) is 0 Å². The summed E-state index contributed by atoms with van der Waals surface area (Å²) in [6.45, 7) is 4.81. The lowest BCUT2D eigenvalue weighted by Crippen LogP contribution is -2.53. The van der Waals surface area contributed by atoms with Gasteiger partial charge in [-0.15, -0.1) is 0 Å². The molecule has 0 aromatic carbocycles. The maximum atomic E-state index is 12.0. The van der Waals surface area contributed by atoms with Crippen molar-refractivity contribution in [1.82, 2.24) is 0 Å². The van der Waals surface area contributed by atoms with Crippen molar-refractivity contribution in [2.24, 2.45) is 34.5 Å². The largest absolute Gasteiger partial charge is 0.508 e. The van der Waals surface area contributed by atoms with Gasteiger partial charge < -0.3 is 9.47 Å². The second-order valence-electron chi connectivity index (χ2n) is 10.4. The summed E-state index contributed by atoms with van der Waals surface area (Å²) < 4.78 is 8.92. The zero-order chi connectivity index (χ0) is 20.2. The standard InChI is InChI=1S/C22H33Cl3O3/c1-20-9-3-4-17(20)16-6-5-14-12-15(28-19(26)27-13-22(23,24)25)7-11-21(14,2)18(16)8-10-20/h14-18H,3-13H2,1-2H3/t14-,15-,16-,17-,18-,20-,21-/m0/s1. The minimum absolute atomic E-state index is 0.0714. The van der Waals surface area contributed by atoms with Gasteiger partial charge in [0.15, 0.2) is 0 Å². The lowest BCUT2D eigenvalue weighted by molar-refractivity contribution is -0.124. The van der Waals surface area contributed by atoms with Crippen molar-refractivity contribution < 1.29 is 14.3 Å². The molecule has 0 bridgehead atoms. The number of rotatable bonds is 2. The quantitative estimate of drug-likeness (QED) is 0.326. The molecule has 0 unspecified atom stereocenters. The molecule has 4 fully saturated rings. The molecule has 0 aliphatic heterocycles. The van der Waals surface area contributed by atoms with Crippen molar-refractivity contribution in [3.63, 3.8) is 0 Å². The summed E-state index contributed by atoms with van der Waals surface area (Å²) in [4.78, 5) is 12.0. The van der Waals surface area contributed by atoms with Crippen LogP contribution in [0.15, 0.2) is 0 Å². The van der Waals surface area contributed by atoms with Gasteiger partial charge in [-0.1, -0.05) is 55.1 Å². The SMILES string of the molecule is C[C@@]12CCC[C@H]1[C@@H]1CC[C@H]3C[C@@H](OC(=O)OCC(Cl)(Cl)Cl)CC[C@]3(C)[C@H]1CC2. The van der Waals surface area contributed by atoms with Gasteiger partial charge in [-0.3, -0.25) is 0 Å². The predicted octanol–water partition coefficient (Wildman–Crippen LogP) is 7.31. The highest BCUT2D eigenvalue weighted by atomic mass is 35.6. The van der Waals surface area contributed by atoms with Gasteiger partial charge in [0, 0.05) is 0 Å². The van der Waals surface area contributed by atoms with Crippen LogP contribution >= 0.6 is 34.8 Å². The number of halogens is 3. The first-order valence-electron chi connectivity index (χ1n) is 11.0. The van der Waals surface area contributed by atoms with Crippen LogP contribution in [-0.4, -0.2) is 22.7 Å². The van der Waals surface area contributed by atoms with Gasteiger partial charge in [-0.25, -0.2) is 4.79 Å². The van der Waals surface area contributed by atoms with Crippen LogP contribution < -0.4 is 0 Å². The molecular formula is C22H33Cl3O3. The zero-order valence-electron chi connectivity index (χ0n) is 17.0. The van der Waals surface area contributed by atoms with E-state index < -0.39 is 9.95 Å². The highest BCUT2D eigenvalue weighted by molar-refractivity contribution is 6.67.